The van der Waals surface area contributed by atoms with E-state index in [1.807, 2.05) is 18.5 Å². The summed E-state index contributed by atoms with van der Waals surface area (Å²) in [5, 5.41) is 19.0. The molecule has 1 saturated heterocycles. The Balaban J connectivity index is 1.31. The van der Waals surface area contributed by atoms with Crippen molar-refractivity contribution >= 4 is 22.9 Å². The summed E-state index contributed by atoms with van der Waals surface area (Å²) in [7, 11) is 0. The number of aliphatic hydroxyl groups is 1. The lowest BCUT2D eigenvalue weighted by molar-refractivity contribution is -0.171. The van der Waals surface area contributed by atoms with E-state index in [9.17, 15) is 13.9 Å². The van der Waals surface area contributed by atoms with Gasteiger partial charge >= 0.3 is 0 Å². The van der Waals surface area contributed by atoms with Gasteiger partial charge in [0.25, 0.3) is 0 Å². The van der Waals surface area contributed by atoms with E-state index in [0.29, 0.717) is 29.2 Å². The molecule has 210 valence electrons. The zero-order chi connectivity index (χ0) is 27.3. The summed E-state index contributed by atoms with van der Waals surface area (Å²) in [4.78, 5) is 9.72. The summed E-state index contributed by atoms with van der Waals surface area (Å²) in [5.41, 5.74) is 2.90. The number of ether oxygens (including phenoxy) is 3. The zero-order valence-corrected chi connectivity index (χ0v) is 23.0. The number of fused-ring (bicyclic) bond motifs is 2. The molecule has 12 heteroatoms. The van der Waals surface area contributed by atoms with Crippen molar-refractivity contribution in [3.8, 4) is 0 Å². The molecule has 1 aromatic carbocycles. The molecule has 1 N–H and O–H groups in total. The minimum absolute atomic E-state index is 0.0730. The number of hydrogen-bond donors (Lipinski definition) is 1. The Morgan fingerprint density at radius 3 is 2.74 bits per heavy atom. The summed E-state index contributed by atoms with van der Waals surface area (Å²) >= 11 is 1.59. The van der Waals surface area contributed by atoms with Crippen molar-refractivity contribution in [1.29, 1.82) is 0 Å². The molecule has 3 aromatic rings. The number of nitrogens with zero attached hydrogens (tertiary/aromatic N) is 5. The maximum Gasteiger partial charge on any atom is 0.189 e. The molecule has 2 aliphatic carbocycles. The lowest BCUT2D eigenvalue weighted by Crippen LogP contribution is -2.31. The van der Waals surface area contributed by atoms with Crippen molar-refractivity contribution in [2.75, 3.05) is 19.0 Å². The van der Waals surface area contributed by atoms with Crippen molar-refractivity contribution < 1.29 is 28.1 Å². The molecule has 9 nitrogen and oxygen atoms in total. The van der Waals surface area contributed by atoms with Gasteiger partial charge < -0.3 is 19.3 Å². The Labute approximate surface area is 229 Å². The predicted molar refractivity (Wildman–Crippen MR) is 139 cm³/mol. The zero-order valence-electron chi connectivity index (χ0n) is 22.2. The quantitative estimate of drug-likeness (QED) is 0.288. The van der Waals surface area contributed by atoms with Gasteiger partial charge in [-0.15, -0.1) is 5.10 Å². The second kappa shape index (κ2) is 10.6. The topological polar surface area (TPSA) is 104 Å². The maximum absolute atomic E-state index is 13.8. The first-order chi connectivity index (χ1) is 18.8. The van der Waals surface area contributed by atoms with Gasteiger partial charge in [-0.25, -0.2) is 23.4 Å². The SMILES string of the molecule is CCCSc1nc(CC2C[C@@H]2c2ccc(F)c(F)c2)c2nnn(C3C[C@H](OCCO)[C@H]4OC(C)(C)O[C@@H]34)c2n1. The highest BCUT2D eigenvalue weighted by molar-refractivity contribution is 7.99. The van der Waals surface area contributed by atoms with Crippen molar-refractivity contribution in [3.63, 3.8) is 0 Å². The first-order valence-electron chi connectivity index (χ1n) is 13.6. The van der Waals surface area contributed by atoms with Gasteiger partial charge in [-0.05, 0) is 62.6 Å². The molecule has 6 atom stereocenters. The molecule has 2 unspecified atom stereocenters. The minimum Gasteiger partial charge on any atom is -0.394 e. The maximum atomic E-state index is 13.8. The van der Waals surface area contributed by atoms with E-state index in [0.717, 1.165) is 29.9 Å². The van der Waals surface area contributed by atoms with Gasteiger partial charge in [0.2, 0.25) is 0 Å². The number of thioether (sulfide) groups is 1. The highest BCUT2D eigenvalue weighted by atomic mass is 32.2. The van der Waals surface area contributed by atoms with Crippen molar-refractivity contribution in [3.05, 3.63) is 41.1 Å². The molecule has 2 saturated carbocycles. The van der Waals surface area contributed by atoms with Crippen molar-refractivity contribution in [2.45, 2.75) is 87.7 Å². The van der Waals surface area contributed by atoms with Crippen LogP contribution in [0.25, 0.3) is 11.2 Å². The molecule has 0 bridgehead atoms. The van der Waals surface area contributed by atoms with Crippen LogP contribution in [0.5, 0.6) is 0 Å². The molecule has 0 spiro atoms. The van der Waals surface area contributed by atoms with Crippen LogP contribution in [0.2, 0.25) is 0 Å². The van der Waals surface area contributed by atoms with Crippen molar-refractivity contribution in [1.82, 2.24) is 25.0 Å². The highest BCUT2D eigenvalue weighted by Gasteiger charge is 2.56. The van der Waals surface area contributed by atoms with Gasteiger partial charge in [-0.1, -0.05) is 30.0 Å². The second-order valence-corrected chi connectivity index (χ2v) is 12.1. The van der Waals surface area contributed by atoms with Crippen LogP contribution >= 0.6 is 11.8 Å². The summed E-state index contributed by atoms with van der Waals surface area (Å²) < 4.78 is 47.5. The predicted octanol–water partition coefficient (Wildman–Crippen LogP) is 4.19. The van der Waals surface area contributed by atoms with Gasteiger partial charge in [0, 0.05) is 12.2 Å². The summed E-state index contributed by atoms with van der Waals surface area (Å²) in [6, 6.07) is 3.93. The average molecular weight is 562 g/mol. The van der Waals surface area contributed by atoms with E-state index in [4.69, 9.17) is 24.2 Å². The Morgan fingerprint density at radius 2 is 1.97 bits per heavy atom. The molecular weight excluding hydrogens is 528 g/mol. The van der Waals surface area contributed by atoms with E-state index >= 15 is 0 Å². The molecule has 0 amide bonds. The monoisotopic (exact) mass is 561 g/mol. The van der Waals surface area contributed by atoms with E-state index in [1.54, 1.807) is 17.8 Å². The fourth-order valence-corrected chi connectivity index (χ4v) is 6.59. The fraction of sp³-hybridized carbons (Fsp3) is 0.630. The Hall–Kier alpha value is -2.25. The number of rotatable bonds is 10. The second-order valence-electron chi connectivity index (χ2n) is 11.0. The average Bonchev–Trinajstić information content (AvgIpc) is 3.24. The molecule has 3 fully saturated rings. The Morgan fingerprint density at radius 1 is 1.15 bits per heavy atom. The third-order valence-electron chi connectivity index (χ3n) is 7.68. The lowest BCUT2D eigenvalue weighted by atomic mass is 10.1. The van der Waals surface area contributed by atoms with Gasteiger partial charge in [0.1, 0.15) is 12.2 Å². The molecule has 6 rings (SSSR count). The number of aromatic nitrogens is 5. The molecular formula is C27H33F2N5O4S. The molecule has 39 heavy (non-hydrogen) atoms. The first kappa shape index (κ1) is 26.9. The largest absolute Gasteiger partial charge is 0.394 e. The summed E-state index contributed by atoms with van der Waals surface area (Å²) in [6.07, 6.45) is 2.23. The molecule has 3 heterocycles. The third kappa shape index (κ3) is 5.29. The normalized spacial score (nSPS) is 29.3. The van der Waals surface area contributed by atoms with Gasteiger partial charge in [0.05, 0.1) is 31.1 Å². The van der Waals surface area contributed by atoms with Gasteiger partial charge in [-0.3, -0.25) is 0 Å². The highest BCUT2D eigenvalue weighted by Crippen LogP contribution is 2.50. The Bertz CT molecular complexity index is 1360. The van der Waals surface area contributed by atoms with Gasteiger partial charge in [0.15, 0.2) is 33.7 Å². The van der Waals surface area contributed by atoms with E-state index in [2.05, 4.69) is 17.2 Å². The van der Waals surface area contributed by atoms with Gasteiger partial charge in [-0.2, -0.15) is 0 Å². The van der Waals surface area contributed by atoms with E-state index in [1.165, 1.54) is 12.1 Å². The Kier molecular flexibility index (Phi) is 7.34. The van der Waals surface area contributed by atoms with E-state index < -0.39 is 17.4 Å². The van der Waals surface area contributed by atoms with Crippen molar-refractivity contribution in [2.24, 2.45) is 5.92 Å². The standard InChI is InChI=1S/C27H33F2N5O4S/c1-4-9-39-26-30-19(12-15-10-16(15)14-5-6-17(28)18(29)11-14)22-25(31-26)34(33-32-22)20-13-21(36-8-7-35)24-23(20)37-27(2,3)38-24/h5-6,11,15-16,20-21,23-24,35H,4,7-10,12-13H2,1-3H3/t15?,16-,20?,21+,23+,24-/m1/s1. The van der Waals surface area contributed by atoms with Crippen LogP contribution in [0, 0.1) is 17.6 Å². The third-order valence-corrected chi connectivity index (χ3v) is 8.73. The number of aliphatic hydroxyl groups excluding tert-OH is 1. The van der Waals surface area contributed by atoms with Crippen LogP contribution in [0.1, 0.15) is 63.3 Å². The summed E-state index contributed by atoms with van der Waals surface area (Å²) in [5.74, 6) is -1.14. The number of hydrogen-bond acceptors (Lipinski definition) is 9. The van der Waals surface area contributed by atoms with Crippen LogP contribution in [0.15, 0.2) is 23.4 Å². The molecule has 3 aliphatic rings. The van der Waals surface area contributed by atoms with Crippen LogP contribution in [0.3, 0.4) is 0 Å². The van der Waals surface area contributed by atoms with Crippen LogP contribution in [-0.2, 0) is 20.6 Å². The van der Waals surface area contributed by atoms with Crippen LogP contribution in [-0.4, -0.2) is 73.1 Å². The number of benzene rings is 1. The summed E-state index contributed by atoms with van der Waals surface area (Å²) in [6.45, 7) is 6.01. The van der Waals surface area contributed by atoms with Crippen LogP contribution in [0.4, 0.5) is 8.78 Å². The molecule has 0 radical (unpaired) electrons. The minimum atomic E-state index is -0.833. The molecule has 1 aliphatic heterocycles. The first-order valence-corrected chi connectivity index (χ1v) is 14.5. The molecule has 2 aromatic heterocycles. The van der Waals surface area contributed by atoms with Crippen LogP contribution < -0.4 is 0 Å². The smallest absolute Gasteiger partial charge is 0.189 e. The van der Waals surface area contributed by atoms with E-state index in [-0.39, 0.29) is 49.4 Å². The number of halogens is 2. The lowest BCUT2D eigenvalue weighted by Gasteiger charge is -2.23. The fourth-order valence-electron chi connectivity index (χ4n) is 5.87.